The average Bonchev–Trinajstić information content (AvgIpc) is 2.48. The number of nitrogens with zero attached hydrogens (tertiary/aromatic N) is 1. The van der Waals surface area contributed by atoms with E-state index in [1.165, 1.54) is 0 Å². The molecule has 20 heavy (non-hydrogen) atoms. The number of alkyl halides is 1. The van der Waals surface area contributed by atoms with Crippen molar-refractivity contribution in [3.8, 4) is 17.4 Å². The molecule has 5 heteroatoms. The number of benzene rings is 1. The first-order chi connectivity index (χ1) is 9.72. The molecule has 3 nitrogen and oxygen atoms in total. The molecular weight excluding hydrogens is 297 g/mol. The minimum absolute atomic E-state index is 0.250. The van der Waals surface area contributed by atoms with Gasteiger partial charge in [0.15, 0.2) is 0 Å². The Bertz CT molecular complexity index is 558. The molecule has 0 atom stereocenters. The van der Waals surface area contributed by atoms with Crippen molar-refractivity contribution >= 4 is 23.2 Å². The normalized spacial score (nSPS) is 10.3. The van der Waals surface area contributed by atoms with E-state index < -0.39 is 0 Å². The number of hydrogen-bond acceptors (Lipinski definition) is 3. The first kappa shape index (κ1) is 14.9. The van der Waals surface area contributed by atoms with Gasteiger partial charge in [0.1, 0.15) is 11.5 Å². The van der Waals surface area contributed by atoms with Crippen LogP contribution < -0.4 is 9.47 Å². The highest BCUT2D eigenvalue weighted by Crippen LogP contribution is 2.25. The van der Waals surface area contributed by atoms with Gasteiger partial charge in [-0.1, -0.05) is 18.5 Å². The maximum atomic E-state index is 5.95. The second-order valence-electron chi connectivity index (χ2n) is 4.13. The molecule has 0 aliphatic carbocycles. The minimum atomic E-state index is 0.250. The van der Waals surface area contributed by atoms with E-state index in [1.54, 1.807) is 12.1 Å². The van der Waals surface area contributed by atoms with Crippen LogP contribution in [-0.2, 0) is 5.88 Å². The zero-order valence-corrected chi connectivity index (χ0v) is 12.6. The van der Waals surface area contributed by atoms with E-state index in [0.29, 0.717) is 29.0 Å². The fraction of sp³-hybridized carbons (Fsp3) is 0.267. The monoisotopic (exact) mass is 311 g/mol. The standard InChI is InChI=1S/C15H15Cl2NO2/c1-2-9-19-11-3-5-12(6-4-11)20-15-8-7-13(17)14(10-16)18-15/h3-8H,2,9-10H2,1H3. The van der Waals surface area contributed by atoms with Gasteiger partial charge in [-0.3, -0.25) is 0 Å². The van der Waals surface area contributed by atoms with Crippen molar-refractivity contribution in [2.24, 2.45) is 0 Å². The van der Waals surface area contributed by atoms with Crippen LogP contribution in [0.4, 0.5) is 0 Å². The maximum Gasteiger partial charge on any atom is 0.219 e. The molecule has 0 spiro atoms. The summed E-state index contributed by atoms with van der Waals surface area (Å²) in [7, 11) is 0. The summed E-state index contributed by atoms with van der Waals surface area (Å²) in [4.78, 5) is 4.24. The number of halogens is 2. The van der Waals surface area contributed by atoms with E-state index >= 15 is 0 Å². The third kappa shape index (κ3) is 4.02. The molecule has 106 valence electrons. The van der Waals surface area contributed by atoms with E-state index in [-0.39, 0.29) is 5.88 Å². The Balaban J connectivity index is 2.06. The van der Waals surface area contributed by atoms with Gasteiger partial charge in [-0.25, -0.2) is 4.98 Å². The second kappa shape index (κ2) is 7.36. The molecule has 2 rings (SSSR count). The lowest BCUT2D eigenvalue weighted by molar-refractivity contribution is 0.317. The Labute approximate surface area is 128 Å². The minimum Gasteiger partial charge on any atom is -0.494 e. The summed E-state index contributed by atoms with van der Waals surface area (Å²) < 4.78 is 11.2. The Kier molecular flexibility index (Phi) is 5.50. The van der Waals surface area contributed by atoms with Crippen LogP contribution in [0.25, 0.3) is 0 Å². The van der Waals surface area contributed by atoms with E-state index in [1.807, 2.05) is 24.3 Å². The van der Waals surface area contributed by atoms with Gasteiger partial charge < -0.3 is 9.47 Å². The van der Waals surface area contributed by atoms with Crippen molar-refractivity contribution in [1.82, 2.24) is 4.98 Å². The summed E-state index contributed by atoms with van der Waals surface area (Å²) in [6.07, 6.45) is 0.980. The highest BCUT2D eigenvalue weighted by molar-refractivity contribution is 6.32. The summed E-state index contributed by atoms with van der Waals surface area (Å²) in [5.41, 5.74) is 0.605. The number of aromatic nitrogens is 1. The molecule has 0 N–H and O–H groups in total. The van der Waals surface area contributed by atoms with Crippen molar-refractivity contribution in [1.29, 1.82) is 0 Å². The number of ether oxygens (including phenoxy) is 2. The average molecular weight is 312 g/mol. The van der Waals surface area contributed by atoms with E-state index in [2.05, 4.69) is 11.9 Å². The van der Waals surface area contributed by atoms with Crippen LogP contribution in [0, 0.1) is 0 Å². The van der Waals surface area contributed by atoms with Crippen molar-refractivity contribution in [2.45, 2.75) is 19.2 Å². The molecule has 1 heterocycles. The molecule has 1 aromatic heterocycles. The molecule has 0 radical (unpaired) electrons. The van der Waals surface area contributed by atoms with Crippen molar-refractivity contribution in [3.05, 3.63) is 47.1 Å². The van der Waals surface area contributed by atoms with Crippen molar-refractivity contribution in [3.63, 3.8) is 0 Å². The van der Waals surface area contributed by atoms with Crippen molar-refractivity contribution in [2.75, 3.05) is 6.61 Å². The predicted molar refractivity (Wildman–Crippen MR) is 81.1 cm³/mol. The van der Waals surface area contributed by atoms with Crippen LogP contribution >= 0.6 is 23.2 Å². The van der Waals surface area contributed by atoms with Crippen LogP contribution in [-0.4, -0.2) is 11.6 Å². The first-order valence-corrected chi connectivity index (χ1v) is 7.26. The number of pyridine rings is 1. The maximum absolute atomic E-state index is 5.95. The predicted octanol–water partition coefficient (Wildman–Crippen LogP) is 5.05. The van der Waals surface area contributed by atoms with Crippen LogP contribution in [0.3, 0.4) is 0 Å². The number of hydrogen-bond donors (Lipinski definition) is 0. The van der Waals surface area contributed by atoms with E-state index in [0.717, 1.165) is 12.2 Å². The van der Waals surface area contributed by atoms with Crippen LogP contribution in [0.15, 0.2) is 36.4 Å². The zero-order chi connectivity index (χ0) is 14.4. The molecule has 1 aromatic carbocycles. The SMILES string of the molecule is CCCOc1ccc(Oc2ccc(Cl)c(CCl)n2)cc1. The molecule has 0 aliphatic rings. The van der Waals surface area contributed by atoms with Crippen molar-refractivity contribution < 1.29 is 9.47 Å². The van der Waals surface area contributed by atoms with Gasteiger partial charge in [-0.2, -0.15) is 0 Å². The highest BCUT2D eigenvalue weighted by Gasteiger charge is 2.05. The lowest BCUT2D eigenvalue weighted by Gasteiger charge is -2.08. The molecule has 0 amide bonds. The third-order valence-corrected chi connectivity index (χ3v) is 3.14. The van der Waals surface area contributed by atoms with Gasteiger partial charge in [0.25, 0.3) is 0 Å². The summed E-state index contributed by atoms with van der Waals surface area (Å²) in [6, 6.07) is 10.8. The van der Waals surface area contributed by atoms with Gasteiger partial charge >= 0.3 is 0 Å². The first-order valence-electron chi connectivity index (χ1n) is 6.35. The topological polar surface area (TPSA) is 31.4 Å². The third-order valence-electron chi connectivity index (χ3n) is 2.54. The van der Waals surface area contributed by atoms with Gasteiger partial charge in [-0.15, -0.1) is 11.6 Å². The fourth-order valence-electron chi connectivity index (χ4n) is 1.56. The van der Waals surface area contributed by atoms with Crippen LogP contribution in [0.2, 0.25) is 5.02 Å². The largest absolute Gasteiger partial charge is 0.494 e. The molecule has 0 saturated heterocycles. The highest BCUT2D eigenvalue weighted by atomic mass is 35.5. The molecule has 0 saturated carbocycles. The Hall–Kier alpha value is -1.45. The molecule has 0 bridgehead atoms. The molecule has 0 fully saturated rings. The summed E-state index contributed by atoms with van der Waals surface area (Å²) in [6.45, 7) is 2.77. The molecule has 0 aliphatic heterocycles. The van der Waals surface area contributed by atoms with Gasteiger partial charge in [0, 0.05) is 6.07 Å². The molecule has 0 unspecified atom stereocenters. The van der Waals surface area contributed by atoms with Gasteiger partial charge in [0.2, 0.25) is 5.88 Å². The smallest absolute Gasteiger partial charge is 0.219 e. The Morgan fingerprint density at radius 1 is 1.05 bits per heavy atom. The summed E-state index contributed by atoms with van der Waals surface area (Å²) in [5.74, 6) is 2.22. The lowest BCUT2D eigenvalue weighted by atomic mass is 10.3. The van der Waals surface area contributed by atoms with Gasteiger partial charge in [-0.05, 0) is 36.8 Å². The lowest BCUT2D eigenvalue weighted by Crippen LogP contribution is -1.95. The Morgan fingerprint density at radius 2 is 1.75 bits per heavy atom. The Morgan fingerprint density at radius 3 is 2.40 bits per heavy atom. The number of rotatable bonds is 6. The van der Waals surface area contributed by atoms with E-state index in [9.17, 15) is 0 Å². The fourth-order valence-corrected chi connectivity index (χ4v) is 2.00. The molecular formula is C15H15Cl2NO2. The van der Waals surface area contributed by atoms with Gasteiger partial charge in [0.05, 0.1) is 23.2 Å². The van der Waals surface area contributed by atoms with E-state index in [4.69, 9.17) is 32.7 Å². The quantitative estimate of drug-likeness (QED) is 0.699. The summed E-state index contributed by atoms with van der Waals surface area (Å²) in [5, 5.41) is 0.538. The summed E-state index contributed by atoms with van der Waals surface area (Å²) >= 11 is 11.7. The molecule has 2 aromatic rings. The van der Waals surface area contributed by atoms with Crippen LogP contribution in [0.1, 0.15) is 19.0 Å². The second-order valence-corrected chi connectivity index (χ2v) is 4.81. The van der Waals surface area contributed by atoms with Crippen LogP contribution in [0.5, 0.6) is 17.4 Å². The zero-order valence-electron chi connectivity index (χ0n) is 11.1.